The number of carbonyl (C=O) groups excluding carboxylic acids is 1. The number of hydrogen-bond acceptors (Lipinski definition) is 3. The molecule has 146 valence electrons. The van der Waals surface area contributed by atoms with Crippen LogP contribution in [-0.4, -0.2) is 15.9 Å². The Morgan fingerprint density at radius 3 is 2.30 bits per heavy atom. The summed E-state index contributed by atoms with van der Waals surface area (Å²) in [6, 6.07) is 28.7. The first-order chi connectivity index (χ1) is 14.7. The summed E-state index contributed by atoms with van der Waals surface area (Å²) in [4.78, 5) is 21.0. The lowest BCUT2D eigenvalue weighted by molar-refractivity contribution is -0.117. The summed E-state index contributed by atoms with van der Waals surface area (Å²) < 4.78 is 0. The van der Waals surface area contributed by atoms with Gasteiger partial charge >= 0.3 is 0 Å². The highest BCUT2D eigenvalue weighted by Crippen LogP contribution is 2.25. The van der Waals surface area contributed by atoms with Crippen LogP contribution in [0.4, 0.5) is 5.69 Å². The molecule has 0 fully saturated rings. The zero-order valence-electron chi connectivity index (χ0n) is 16.2. The molecule has 4 rings (SSSR count). The molecule has 30 heavy (non-hydrogen) atoms. The molecule has 5 nitrogen and oxygen atoms in total. The van der Waals surface area contributed by atoms with Crippen molar-refractivity contribution < 1.29 is 4.79 Å². The minimum atomic E-state index is -0.472. The highest BCUT2D eigenvalue weighted by Gasteiger charge is 2.24. The average Bonchev–Trinajstić information content (AvgIpc) is 3.29. The number of para-hydroxylation sites is 1. The van der Waals surface area contributed by atoms with Gasteiger partial charge in [-0.05, 0) is 41.8 Å². The second kappa shape index (κ2) is 8.89. The number of nitriles is 1. The van der Waals surface area contributed by atoms with Gasteiger partial charge in [-0.1, -0.05) is 60.7 Å². The number of carbonyl (C=O) groups is 1. The molecular weight excluding hydrogens is 372 g/mol. The highest BCUT2D eigenvalue weighted by molar-refractivity contribution is 5.95. The third-order valence-electron chi connectivity index (χ3n) is 4.89. The lowest BCUT2D eigenvalue weighted by atomic mass is 9.97. The van der Waals surface area contributed by atoms with Gasteiger partial charge in [-0.3, -0.25) is 4.79 Å². The average molecular weight is 392 g/mol. The Balaban J connectivity index is 1.62. The molecule has 0 aliphatic heterocycles. The van der Waals surface area contributed by atoms with E-state index in [1.165, 1.54) is 0 Å². The Hall–Kier alpha value is -4.17. The Labute approximate surface area is 175 Å². The molecule has 1 atom stereocenters. The summed E-state index contributed by atoms with van der Waals surface area (Å²) in [6.45, 7) is 0. The van der Waals surface area contributed by atoms with E-state index in [0.717, 1.165) is 22.5 Å². The smallest absolute Gasteiger partial charge is 0.235 e. The molecule has 5 heteroatoms. The number of hydrogen-bond donors (Lipinski definition) is 2. The van der Waals surface area contributed by atoms with Crippen LogP contribution in [0.25, 0.3) is 11.3 Å². The Bertz CT molecular complexity index is 1160. The van der Waals surface area contributed by atoms with Crippen molar-refractivity contribution in [3.63, 3.8) is 0 Å². The van der Waals surface area contributed by atoms with E-state index >= 15 is 0 Å². The van der Waals surface area contributed by atoms with Gasteiger partial charge in [0.1, 0.15) is 11.7 Å². The highest BCUT2D eigenvalue weighted by atomic mass is 16.1. The van der Waals surface area contributed by atoms with Gasteiger partial charge in [-0.25, -0.2) is 4.98 Å². The number of nitrogens with one attached hydrogen (secondary N) is 2. The largest absolute Gasteiger partial charge is 0.341 e. The molecule has 0 bridgehead atoms. The molecule has 1 unspecified atom stereocenters. The first-order valence-corrected chi connectivity index (χ1v) is 9.68. The number of aromatic nitrogens is 2. The molecule has 2 N–H and O–H groups in total. The predicted octanol–water partition coefficient (Wildman–Crippen LogP) is 4.91. The molecule has 0 saturated heterocycles. The maximum atomic E-state index is 13.1. The predicted molar refractivity (Wildman–Crippen MR) is 117 cm³/mol. The quantitative estimate of drug-likeness (QED) is 0.489. The third kappa shape index (κ3) is 4.45. The molecule has 4 aromatic rings. The number of nitrogens with zero attached hydrogens (tertiary/aromatic N) is 2. The number of H-pyrrole nitrogens is 1. The minimum absolute atomic E-state index is 0.120. The van der Waals surface area contributed by atoms with Crippen molar-refractivity contribution in [2.75, 3.05) is 5.32 Å². The molecule has 0 saturated carbocycles. The maximum absolute atomic E-state index is 13.1. The minimum Gasteiger partial charge on any atom is -0.341 e. The summed E-state index contributed by atoms with van der Waals surface area (Å²) in [5.74, 6) is 0.0113. The van der Waals surface area contributed by atoms with Gasteiger partial charge in [0.05, 0.1) is 23.5 Å². The number of amides is 1. The van der Waals surface area contributed by atoms with Crippen LogP contribution in [0.3, 0.4) is 0 Å². The van der Waals surface area contributed by atoms with E-state index in [1.54, 1.807) is 18.3 Å². The number of benzene rings is 3. The zero-order chi connectivity index (χ0) is 20.8. The van der Waals surface area contributed by atoms with Crippen LogP contribution in [0.5, 0.6) is 0 Å². The van der Waals surface area contributed by atoms with Crippen LogP contribution in [0, 0.1) is 11.3 Å². The van der Waals surface area contributed by atoms with Gasteiger partial charge in [0, 0.05) is 5.69 Å². The number of rotatable bonds is 6. The summed E-state index contributed by atoms with van der Waals surface area (Å²) in [5, 5.41) is 12.0. The fourth-order valence-electron chi connectivity index (χ4n) is 3.30. The van der Waals surface area contributed by atoms with Gasteiger partial charge in [-0.2, -0.15) is 5.26 Å². The fraction of sp³-hybridized carbons (Fsp3) is 0.0800. The molecule has 1 aromatic heterocycles. The molecule has 1 heterocycles. The topological polar surface area (TPSA) is 81.6 Å². The van der Waals surface area contributed by atoms with Crippen molar-refractivity contribution in [3.05, 3.63) is 108 Å². The fourth-order valence-corrected chi connectivity index (χ4v) is 3.30. The Morgan fingerprint density at radius 1 is 0.967 bits per heavy atom. The zero-order valence-corrected chi connectivity index (χ0v) is 16.2. The number of aromatic amines is 1. The van der Waals surface area contributed by atoms with E-state index in [1.807, 2.05) is 72.8 Å². The van der Waals surface area contributed by atoms with Crippen molar-refractivity contribution in [1.29, 1.82) is 5.26 Å². The molecule has 0 aliphatic carbocycles. The van der Waals surface area contributed by atoms with E-state index in [4.69, 9.17) is 5.26 Å². The van der Waals surface area contributed by atoms with Crippen LogP contribution in [0.1, 0.15) is 22.9 Å². The standard InChI is InChI=1S/C25H20N4O/c26-16-19-11-13-20(14-12-19)23-17-27-24(29-23)22(15-18-7-3-1-4-8-18)25(30)28-21-9-5-2-6-10-21/h1-14,17,22H,15H2,(H,27,29)(H,28,30). The first kappa shape index (κ1) is 19.2. The second-order valence-corrected chi connectivity index (χ2v) is 6.97. The lowest BCUT2D eigenvalue weighted by Gasteiger charge is -2.15. The van der Waals surface area contributed by atoms with Crippen molar-refractivity contribution in [1.82, 2.24) is 9.97 Å². The summed E-state index contributed by atoms with van der Waals surface area (Å²) in [7, 11) is 0. The SMILES string of the molecule is N#Cc1ccc(-c2cnc(C(Cc3ccccc3)C(=O)Nc3ccccc3)[nH]2)cc1. The summed E-state index contributed by atoms with van der Waals surface area (Å²) in [6.07, 6.45) is 2.25. The number of anilines is 1. The number of imidazole rings is 1. The first-order valence-electron chi connectivity index (χ1n) is 9.68. The van der Waals surface area contributed by atoms with Crippen molar-refractivity contribution in [2.24, 2.45) is 0 Å². The van der Waals surface area contributed by atoms with Crippen LogP contribution in [-0.2, 0) is 11.2 Å². The Kier molecular flexibility index (Phi) is 5.68. The summed E-state index contributed by atoms with van der Waals surface area (Å²) in [5.41, 5.74) is 4.12. The van der Waals surface area contributed by atoms with Crippen LogP contribution in [0.15, 0.2) is 91.1 Å². The van der Waals surface area contributed by atoms with Crippen LogP contribution < -0.4 is 5.32 Å². The lowest BCUT2D eigenvalue weighted by Crippen LogP contribution is -2.24. The summed E-state index contributed by atoms with van der Waals surface area (Å²) >= 11 is 0. The van der Waals surface area contributed by atoms with E-state index in [-0.39, 0.29) is 5.91 Å². The monoisotopic (exact) mass is 392 g/mol. The second-order valence-electron chi connectivity index (χ2n) is 6.97. The Morgan fingerprint density at radius 2 is 1.63 bits per heavy atom. The van der Waals surface area contributed by atoms with Crippen LogP contribution >= 0.6 is 0 Å². The van der Waals surface area contributed by atoms with Crippen LogP contribution in [0.2, 0.25) is 0 Å². The molecule has 0 radical (unpaired) electrons. The third-order valence-corrected chi connectivity index (χ3v) is 4.89. The van der Waals surface area contributed by atoms with Crippen molar-refractivity contribution >= 4 is 11.6 Å². The van der Waals surface area contributed by atoms with Gasteiger partial charge in [0.15, 0.2) is 0 Å². The maximum Gasteiger partial charge on any atom is 0.235 e. The van der Waals surface area contributed by atoms with E-state index < -0.39 is 5.92 Å². The molecule has 3 aromatic carbocycles. The van der Waals surface area contributed by atoms with Crippen molar-refractivity contribution in [3.8, 4) is 17.3 Å². The molecular formula is C25H20N4O. The normalized spacial score (nSPS) is 11.4. The van der Waals surface area contributed by atoms with Gasteiger partial charge in [0.25, 0.3) is 0 Å². The molecule has 0 spiro atoms. The molecule has 1 amide bonds. The van der Waals surface area contributed by atoms with E-state index in [0.29, 0.717) is 17.8 Å². The van der Waals surface area contributed by atoms with Gasteiger partial charge in [0.2, 0.25) is 5.91 Å². The van der Waals surface area contributed by atoms with E-state index in [2.05, 4.69) is 21.4 Å². The van der Waals surface area contributed by atoms with Gasteiger partial charge < -0.3 is 10.3 Å². The molecule has 0 aliphatic rings. The van der Waals surface area contributed by atoms with Crippen molar-refractivity contribution in [2.45, 2.75) is 12.3 Å². The van der Waals surface area contributed by atoms with Gasteiger partial charge in [-0.15, -0.1) is 0 Å². The van der Waals surface area contributed by atoms with E-state index in [9.17, 15) is 4.79 Å².